The van der Waals surface area contributed by atoms with Crippen LogP contribution in [0.4, 0.5) is 5.69 Å². The van der Waals surface area contributed by atoms with Gasteiger partial charge in [0, 0.05) is 11.1 Å². The van der Waals surface area contributed by atoms with Gasteiger partial charge in [0.2, 0.25) is 0 Å². The number of aromatic nitrogens is 1. The smallest absolute Gasteiger partial charge is 0.0795 e. The van der Waals surface area contributed by atoms with E-state index in [1.54, 1.807) is 11.3 Å². The lowest BCUT2D eigenvalue weighted by atomic mass is 9.94. The second kappa shape index (κ2) is 6.20. The molecule has 1 heterocycles. The molecule has 0 spiro atoms. The van der Waals surface area contributed by atoms with Gasteiger partial charge in [-0.2, -0.15) is 0 Å². The first-order valence-electron chi connectivity index (χ1n) is 6.82. The fourth-order valence-electron chi connectivity index (χ4n) is 2.09. The molecule has 0 fully saturated rings. The van der Waals surface area contributed by atoms with Gasteiger partial charge >= 0.3 is 0 Å². The van der Waals surface area contributed by atoms with Crippen LogP contribution in [0.1, 0.15) is 56.4 Å². The van der Waals surface area contributed by atoms with Gasteiger partial charge in [0.1, 0.15) is 0 Å². The van der Waals surface area contributed by atoms with Crippen LogP contribution in [-0.2, 0) is 6.54 Å². The molecular weight excluding hydrogens is 252 g/mol. The molecule has 0 atom stereocenters. The Labute approximate surface area is 119 Å². The molecular formula is C16H22N2S. The van der Waals surface area contributed by atoms with E-state index in [1.807, 2.05) is 5.51 Å². The van der Waals surface area contributed by atoms with Crippen molar-refractivity contribution in [2.45, 2.75) is 46.1 Å². The molecule has 0 aliphatic heterocycles. The zero-order chi connectivity index (χ0) is 13.8. The van der Waals surface area contributed by atoms with Gasteiger partial charge < -0.3 is 5.32 Å². The molecule has 0 radical (unpaired) electrons. The molecule has 1 N–H and O–H groups in total. The van der Waals surface area contributed by atoms with E-state index in [9.17, 15) is 0 Å². The molecule has 0 saturated heterocycles. The van der Waals surface area contributed by atoms with E-state index in [2.05, 4.69) is 61.6 Å². The minimum Gasteiger partial charge on any atom is -0.379 e. The molecule has 3 heteroatoms. The molecule has 0 aliphatic rings. The second-order valence-corrected chi connectivity index (χ2v) is 6.21. The number of nitrogens with zero attached hydrogens (tertiary/aromatic N) is 1. The van der Waals surface area contributed by atoms with Crippen LogP contribution in [-0.4, -0.2) is 4.98 Å². The number of thiazole rings is 1. The summed E-state index contributed by atoms with van der Waals surface area (Å²) in [5, 5.41) is 5.60. The van der Waals surface area contributed by atoms with Gasteiger partial charge in [0.05, 0.1) is 17.7 Å². The standard InChI is InChI=1S/C16H22N2S/c1-11(2)13-5-6-16(15(7-13)12(3)4)17-8-14-9-19-10-18-14/h5-7,9-12,17H,8H2,1-4H3. The van der Waals surface area contributed by atoms with Crippen molar-refractivity contribution in [2.75, 3.05) is 5.32 Å². The highest BCUT2D eigenvalue weighted by atomic mass is 32.1. The van der Waals surface area contributed by atoms with E-state index in [4.69, 9.17) is 0 Å². The summed E-state index contributed by atoms with van der Waals surface area (Å²) in [6, 6.07) is 6.76. The number of hydrogen-bond donors (Lipinski definition) is 1. The summed E-state index contributed by atoms with van der Waals surface area (Å²) in [6.07, 6.45) is 0. The number of nitrogens with one attached hydrogen (secondary N) is 1. The fourth-order valence-corrected chi connectivity index (χ4v) is 2.65. The van der Waals surface area contributed by atoms with E-state index in [-0.39, 0.29) is 0 Å². The van der Waals surface area contributed by atoms with Gasteiger partial charge in [-0.05, 0) is 29.0 Å². The van der Waals surface area contributed by atoms with E-state index in [0.29, 0.717) is 11.8 Å². The minimum absolute atomic E-state index is 0.525. The third kappa shape index (κ3) is 3.57. The normalized spacial score (nSPS) is 11.3. The zero-order valence-corrected chi connectivity index (χ0v) is 12.9. The molecule has 19 heavy (non-hydrogen) atoms. The molecule has 0 unspecified atom stereocenters. The maximum atomic E-state index is 4.31. The third-order valence-corrected chi connectivity index (χ3v) is 3.94. The molecule has 102 valence electrons. The topological polar surface area (TPSA) is 24.9 Å². The van der Waals surface area contributed by atoms with Crippen molar-refractivity contribution in [3.05, 3.63) is 45.9 Å². The first-order valence-corrected chi connectivity index (χ1v) is 7.77. The van der Waals surface area contributed by atoms with E-state index in [1.165, 1.54) is 16.8 Å². The Hall–Kier alpha value is -1.35. The summed E-state index contributed by atoms with van der Waals surface area (Å²) >= 11 is 1.64. The summed E-state index contributed by atoms with van der Waals surface area (Å²) in [6.45, 7) is 9.76. The van der Waals surface area contributed by atoms with Crippen molar-refractivity contribution < 1.29 is 0 Å². The van der Waals surface area contributed by atoms with Crippen molar-refractivity contribution in [3.8, 4) is 0 Å². The number of benzene rings is 1. The van der Waals surface area contributed by atoms with Gasteiger partial charge in [-0.25, -0.2) is 4.98 Å². The molecule has 2 rings (SSSR count). The van der Waals surface area contributed by atoms with Gasteiger partial charge in [-0.15, -0.1) is 11.3 Å². The van der Waals surface area contributed by atoms with Crippen LogP contribution in [0.25, 0.3) is 0 Å². The predicted molar refractivity (Wildman–Crippen MR) is 84.1 cm³/mol. The molecule has 2 nitrogen and oxygen atoms in total. The van der Waals surface area contributed by atoms with E-state index >= 15 is 0 Å². The Kier molecular flexibility index (Phi) is 4.59. The first-order chi connectivity index (χ1) is 9.08. The lowest BCUT2D eigenvalue weighted by molar-refractivity contribution is 0.833. The van der Waals surface area contributed by atoms with Crippen LogP contribution < -0.4 is 5.32 Å². The Morgan fingerprint density at radius 1 is 1.16 bits per heavy atom. The third-order valence-electron chi connectivity index (χ3n) is 3.31. The molecule has 0 amide bonds. The average molecular weight is 274 g/mol. The maximum Gasteiger partial charge on any atom is 0.0795 e. The number of anilines is 1. The highest BCUT2D eigenvalue weighted by Gasteiger charge is 2.09. The second-order valence-electron chi connectivity index (χ2n) is 5.49. The Bertz CT molecular complexity index is 516. The van der Waals surface area contributed by atoms with Crippen molar-refractivity contribution in [2.24, 2.45) is 0 Å². The van der Waals surface area contributed by atoms with Gasteiger partial charge in [-0.3, -0.25) is 0 Å². The van der Waals surface area contributed by atoms with Gasteiger partial charge in [-0.1, -0.05) is 39.8 Å². The summed E-state index contributed by atoms with van der Waals surface area (Å²) in [5.74, 6) is 1.10. The first kappa shape index (κ1) is 14.1. The molecule has 0 aliphatic carbocycles. The highest BCUT2D eigenvalue weighted by Crippen LogP contribution is 2.28. The minimum atomic E-state index is 0.525. The Balaban J connectivity index is 2.19. The lowest BCUT2D eigenvalue weighted by Crippen LogP contribution is -2.04. The fraction of sp³-hybridized carbons (Fsp3) is 0.438. The van der Waals surface area contributed by atoms with Gasteiger partial charge in [0.25, 0.3) is 0 Å². The summed E-state index contributed by atoms with van der Waals surface area (Å²) in [4.78, 5) is 4.31. The van der Waals surface area contributed by atoms with Crippen LogP contribution in [0.5, 0.6) is 0 Å². The van der Waals surface area contributed by atoms with Crippen molar-refractivity contribution in [1.29, 1.82) is 0 Å². The molecule has 1 aromatic carbocycles. The van der Waals surface area contributed by atoms with Crippen molar-refractivity contribution in [3.63, 3.8) is 0 Å². The Morgan fingerprint density at radius 2 is 1.95 bits per heavy atom. The van der Waals surface area contributed by atoms with Crippen molar-refractivity contribution >= 4 is 17.0 Å². The molecule has 1 aromatic heterocycles. The molecule has 0 bridgehead atoms. The van der Waals surface area contributed by atoms with Crippen LogP contribution in [0, 0.1) is 0 Å². The quantitative estimate of drug-likeness (QED) is 0.829. The summed E-state index contributed by atoms with van der Waals surface area (Å²) in [5.41, 5.74) is 7.01. The zero-order valence-electron chi connectivity index (χ0n) is 12.1. The lowest BCUT2D eigenvalue weighted by Gasteiger charge is -2.17. The van der Waals surface area contributed by atoms with E-state index < -0.39 is 0 Å². The van der Waals surface area contributed by atoms with Crippen LogP contribution in [0.15, 0.2) is 29.1 Å². The molecule has 2 aromatic rings. The van der Waals surface area contributed by atoms with Crippen LogP contribution >= 0.6 is 11.3 Å². The van der Waals surface area contributed by atoms with Gasteiger partial charge in [0.15, 0.2) is 0 Å². The van der Waals surface area contributed by atoms with Crippen molar-refractivity contribution in [1.82, 2.24) is 4.98 Å². The largest absolute Gasteiger partial charge is 0.379 e. The molecule has 0 saturated carbocycles. The number of rotatable bonds is 5. The Morgan fingerprint density at radius 3 is 2.53 bits per heavy atom. The van der Waals surface area contributed by atoms with Crippen LogP contribution in [0.3, 0.4) is 0 Å². The van der Waals surface area contributed by atoms with Crippen LogP contribution in [0.2, 0.25) is 0 Å². The number of hydrogen-bond acceptors (Lipinski definition) is 3. The predicted octanol–water partition coefficient (Wildman–Crippen LogP) is 5.00. The maximum absolute atomic E-state index is 4.31. The van der Waals surface area contributed by atoms with E-state index in [0.717, 1.165) is 12.2 Å². The highest BCUT2D eigenvalue weighted by molar-refractivity contribution is 7.07. The summed E-state index contributed by atoms with van der Waals surface area (Å²) in [7, 11) is 0. The monoisotopic (exact) mass is 274 g/mol. The average Bonchev–Trinajstić information content (AvgIpc) is 2.89. The summed E-state index contributed by atoms with van der Waals surface area (Å²) < 4.78 is 0. The SMILES string of the molecule is CC(C)c1ccc(NCc2cscn2)c(C(C)C)c1.